The van der Waals surface area contributed by atoms with Gasteiger partial charge in [-0.15, -0.1) is 0 Å². The Balaban J connectivity index is 0.000000177. The lowest BCUT2D eigenvalue weighted by Crippen LogP contribution is -2.28. The third-order valence-corrected chi connectivity index (χ3v) is 10.7. The molecule has 58 heavy (non-hydrogen) atoms. The van der Waals surface area contributed by atoms with Gasteiger partial charge < -0.3 is 15.4 Å². The number of methoxy groups -OCH3 is 1. The molecule has 0 spiro atoms. The van der Waals surface area contributed by atoms with Crippen molar-refractivity contribution in [2.75, 3.05) is 17.7 Å². The van der Waals surface area contributed by atoms with Crippen molar-refractivity contribution >= 4 is 46.4 Å². The SMILES string of the molecule is COc1cccc(C2(C(=O)Nc3cc(C(F)(F)F)ccc3-n3cncn3)CC2)c1.O=C(Nc1cc(C(F)(F)F)ccc1-n1cncn1)C1(c2ccc(Cl)c(Cl)c2)CC1. The van der Waals surface area contributed by atoms with Crippen molar-refractivity contribution in [3.63, 3.8) is 0 Å². The lowest BCUT2D eigenvalue weighted by Gasteiger charge is -2.19. The van der Waals surface area contributed by atoms with E-state index >= 15 is 0 Å². The molecule has 2 aliphatic carbocycles. The lowest BCUT2D eigenvalue weighted by atomic mass is 9.94. The quantitative estimate of drug-likeness (QED) is 0.139. The normalized spacial score (nSPS) is 15.1. The highest BCUT2D eigenvalue weighted by Crippen LogP contribution is 2.51. The van der Waals surface area contributed by atoms with Gasteiger partial charge in [0.2, 0.25) is 11.8 Å². The average molecular weight is 844 g/mol. The van der Waals surface area contributed by atoms with Crippen LogP contribution in [0.3, 0.4) is 0 Å². The van der Waals surface area contributed by atoms with E-state index in [9.17, 15) is 35.9 Å². The molecule has 0 aliphatic heterocycles. The summed E-state index contributed by atoms with van der Waals surface area (Å²) in [6, 6.07) is 18.2. The van der Waals surface area contributed by atoms with Crippen LogP contribution in [0.15, 0.2) is 104 Å². The van der Waals surface area contributed by atoms with Gasteiger partial charge in [0.25, 0.3) is 0 Å². The molecule has 6 aromatic rings. The monoisotopic (exact) mass is 842 g/mol. The summed E-state index contributed by atoms with van der Waals surface area (Å²) in [5.41, 5.74) is -1.38. The minimum atomic E-state index is -4.55. The molecule has 8 rings (SSSR count). The second kappa shape index (κ2) is 15.4. The third-order valence-electron chi connectivity index (χ3n) is 9.94. The number of nitrogens with zero attached hydrogens (tertiary/aromatic N) is 6. The minimum absolute atomic E-state index is 0.0124. The topological polar surface area (TPSA) is 129 Å². The molecule has 19 heteroatoms. The fraction of sp³-hybridized carbons (Fsp3) is 0.231. The number of halogens is 8. The van der Waals surface area contributed by atoms with Crippen LogP contribution in [0.2, 0.25) is 10.0 Å². The van der Waals surface area contributed by atoms with Crippen LogP contribution in [0.5, 0.6) is 5.75 Å². The minimum Gasteiger partial charge on any atom is -0.497 e. The summed E-state index contributed by atoms with van der Waals surface area (Å²) in [5.74, 6) is -0.174. The van der Waals surface area contributed by atoms with E-state index in [0.717, 1.165) is 29.8 Å². The molecule has 0 bridgehead atoms. The number of amides is 2. The van der Waals surface area contributed by atoms with Crippen LogP contribution in [0.25, 0.3) is 11.4 Å². The highest BCUT2D eigenvalue weighted by Gasteiger charge is 2.52. The van der Waals surface area contributed by atoms with E-state index in [4.69, 9.17) is 27.9 Å². The molecule has 2 amide bonds. The van der Waals surface area contributed by atoms with Crippen molar-refractivity contribution in [2.45, 2.75) is 48.9 Å². The van der Waals surface area contributed by atoms with Crippen LogP contribution in [-0.2, 0) is 32.8 Å². The molecule has 11 nitrogen and oxygen atoms in total. The number of anilines is 2. The van der Waals surface area contributed by atoms with E-state index in [1.165, 1.54) is 53.9 Å². The van der Waals surface area contributed by atoms with Crippen molar-refractivity contribution < 1.29 is 40.7 Å². The molecular formula is C39H30Cl2F6N8O3. The van der Waals surface area contributed by atoms with Crippen molar-refractivity contribution in [3.05, 3.63) is 136 Å². The van der Waals surface area contributed by atoms with E-state index in [1.54, 1.807) is 36.4 Å². The van der Waals surface area contributed by atoms with E-state index in [-0.39, 0.29) is 23.0 Å². The van der Waals surface area contributed by atoms with Gasteiger partial charge in [0.1, 0.15) is 31.1 Å². The van der Waals surface area contributed by atoms with Crippen LogP contribution < -0.4 is 15.4 Å². The largest absolute Gasteiger partial charge is 0.497 e. The molecule has 2 N–H and O–H groups in total. The fourth-order valence-electron chi connectivity index (χ4n) is 6.43. The van der Waals surface area contributed by atoms with E-state index in [2.05, 4.69) is 30.8 Å². The Bertz CT molecular complexity index is 2470. The fourth-order valence-corrected chi connectivity index (χ4v) is 6.73. The van der Waals surface area contributed by atoms with Crippen LogP contribution in [-0.4, -0.2) is 48.5 Å². The molecule has 2 saturated carbocycles. The maximum Gasteiger partial charge on any atom is 0.416 e. The predicted octanol–water partition coefficient (Wildman–Crippen LogP) is 9.23. The van der Waals surface area contributed by atoms with Gasteiger partial charge >= 0.3 is 12.4 Å². The number of aromatic nitrogens is 6. The Morgan fingerprint density at radius 3 is 1.53 bits per heavy atom. The second-order valence-electron chi connectivity index (χ2n) is 13.6. The molecule has 0 atom stereocenters. The Morgan fingerprint density at radius 1 is 0.655 bits per heavy atom. The first-order valence-electron chi connectivity index (χ1n) is 17.4. The van der Waals surface area contributed by atoms with Gasteiger partial charge in [-0.1, -0.05) is 41.4 Å². The summed E-state index contributed by atoms with van der Waals surface area (Å²) < 4.78 is 87.0. The first kappa shape index (κ1) is 40.3. The first-order valence-corrected chi connectivity index (χ1v) is 18.2. The number of rotatable bonds is 9. The summed E-state index contributed by atoms with van der Waals surface area (Å²) in [5, 5.41) is 13.9. The van der Waals surface area contributed by atoms with Crippen molar-refractivity contribution in [2.24, 2.45) is 0 Å². The number of alkyl halides is 6. The third kappa shape index (κ3) is 8.22. The maximum atomic E-state index is 13.2. The second-order valence-corrected chi connectivity index (χ2v) is 14.4. The standard InChI is InChI=1S/C20H17F3N4O2.C19H13Cl2F3N4O/c1-29-15-4-2-3-13(9-15)19(7-8-19)18(28)26-16-10-14(20(21,22)23)5-6-17(16)27-12-24-11-25-27;20-13-3-1-11(7-14(13)21)18(5-6-18)17(29)27-15-8-12(19(22,23)24)2-4-16(15)28-10-25-9-26-28/h2-6,9-12H,7-8H2,1H3,(H,26,28);1-4,7-10H,5-6H2,(H,27,29). The van der Waals surface area contributed by atoms with Gasteiger partial charge in [-0.05, 0) is 97.5 Å². The average Bonchev–Trinajstić information content (AvgIpc) is 4.06. The van der Waals surface area contributed by atoms with Crippen molar-refractivity contribution in [1.82, 2.24) is 29.5 Å². The smallest absolute Gasteiger partial charge is 0.416 e. The number of ether oxygens (including phenoxy) is 1. The Labute approximate surface area is 336 Å². The van der Waals surface area contributed by atoms with Gasteiger partial charge in [-0.25, -0.2) is 19.3 Å². The number of carbonyl (C=O) groups is 2. The number of hydrogen-bond donors (Lipinski definition) is 2. The summed E-state index contributed by atoms with van der Waals surface area (Å²) in [6.45, 7) is 0. The molecule has 2 aromatic heterocycles. The molecule has 2 fully saturated rings. The molecule has 2 heterocycles. The highest BCUT2D eigenvalue weighted by molar-refractivity contribution is 6.42. The van der Waals surface area contributed by atoms with Gasteiger partial charge in [0.15, 0.2) is 0 Å². The van der Waals surface area contributed by atoms with Gasteiger partial charge in [0.05, 0.1) is 61.9 Å². The zero-order valence-corrected chi connectivity index (χ0v) is 31.6. The Kier molecular flexibility index (Phi) is 10.7. The van der Waals surface area contributed by atoms with Crippen LogP contribution in [0.4, 0.5) is 37.7 Å². The number of benzene rings is 4. The van der Waals surface area contributed by atoms with Crippen LogP contribution in [0.1, 0.15) is 47.9 Å². The van der Waals surface area contributed by atoms with Gasteiger partial charge in [0, 0.05) is 0 Å². The molecule has 0 unspecified atom stereocenters. The molecular weight excluding hydrogens is 813 g/mol. The molecule has 300 valence electrons. The van der Waals surface area contributed by atoms with Crippen molar-refractivity contribution in [3.8, 4) is 17.1 Å². The Hall–Kier alpha value is -5.94. The van der Waals surface area contributed by atoms with Gasteiger partial charge in [-0.3, -0.25) is 9.59 Å². The zero-order valence-electron chi connectivity index (χ0n) is 30.1. The van der Waals surface area contributed by atoms with Crippen LogP contribution in [0, 0.1) is 0 Å². The highest BCUT2D eigenvalue weighted by atomic mass is 35.5. The lowest BCUT2D eigenvalue weighted by molar-refractivity contribution is -0.138. The van der Waals surface area contributed by atoms with Gasteiger partial charge in [-0.2, -0.15) is 36.5 Å². The summed E-state index contributed by atoms with van der Waals surface area (Å²) in [7, 11) is 1.53. The Morgan fingerprint density at radius 2 is 1.14 bits per heavy atom. The maximum absolute atomic E-state index is 13.2. The number of hydrogen-bond acceptors (Lipinski definition) is 7. The molecule has 4 aromatic carbocycles. The van der Waals surface area contributed by atoms with E-state index in [0.29, 0.717) is 52.7 Å². The van der Waals surface area contributed by atoms with Crippen LogP contribution >= 0.6 is 23.2 Å². The predicted molar refractivity (Wildman–Crippen MR) is 201 cm³/mol. The summed E-state index contributed by atoms with van der Waals surface area (Å²) in [4.78, 5) is 33.8. The number of nitrogens with one attached hydrogen (secondary N) is 2. The zero-order chi connectivity index (χ0) is 41.5. The van der Waals surface area contributed by atoms with E-state index < -0.39 is 40.2 Å². The first-order chi connectivity index (χ1) is 27.5. The summed E-state index contributed by atoms with van der Waals surface area (Å²) >= 11 is 12.0. The summed E-state index contributed by atoms with van der Waals surface area (Å²) in [6.07, 6.45) is -1.58. The van der Waals surface area contributed by atoms with E-state index in [1.807, 2.05) is 6.07 Å². The number of carbonyl (C=O) groups excluding carboxylic acids is 2. The molecule has 2 aliphatic rings. The molecule has 0 radical (unpaired) electrons. The van der Waals surface area contributed by atoms with Crippen molar-refractivity contribution in [1.29, 1.82) is 0 Å². The molecule has 0 saturated heterocycles.